The van der Waals surface area contributed by atoms with Gasteiger partial charge in [-0.05, 0) is 106 Å². The summed E-state index contributed by atoms with van der Waals surface area (Å²) in [5.41, 5.74) is 7.93. The van der Waals surface area contributed by atoms with E-state index in [4.69, 9.17) is 18.6 Å². The minimum Gasteiger partial charge on any atom is -0.490 e. The van der Waals surface area contributed by atoms with Crippen LogP contribution >= 0.6 is 0 Å². The van der Waals surface area contributed by atoms with Gasteiger partial charge in [0.2, 0.25) is 0 Å². The smallest absolute Gasteiger partial charge is 0.307 e. The molecular formula is C38H38N4O6. The Bertz CT molecular complexity index is 1870. The molecule has 0 spiro atoms. The SMILES string of the molecule is C=CCc1cc(/C=N/NC(=O)c2ccc(COc3ccc(-n4c(C)ccc4C)cc3)o2)cc(OCC)c1OCC(=O)Nc1ccccc1. The molecule has 0 radical (unpaired) electrons. The molecule has 0 atom stereocenters. The zero-order valence-electron chi connectivity index (χ0n) is 27.2. The highest BCUT2D eigenvalue weighted by Crippen LogP contribution is 2.34. The Labute approximate surface area is 279 Å². The minimum absolute atomic E-state index is 0.0968. The molecule has 0 saturated heterocycles. The van der Waals surface area contributed by atoms with Crippen LogP contribution in [-0.4, -0.2) is 35.8 Å². The zero-order valence-corrected chi connectivity index (χ0v) is 27.2. The van der Waals surface area contributed by atoms with Crippen LogP contribution < -0.4 is 25.0 Å². The third-order valence-electron chi connectivity index (χ3n) is 7.24. The Morgan fingerprint density at radius 3 is 2.38 bits per heavy atom. The van der Waals surface area contributed by atoms with Crippen LogP contribution in [0.3, 0.4) is 0 Å². The molecule has 0 unspecified atom stereocenters. The molecule has 246 valence electrons. The molecule has 10 heteroatoms. The lowest BCUT2D eigenvalue weighted by Gasteiger charge is -2.16. The van der Waals surface area contributed by atoms with Crippen molar-refractivity contribution in [3.8, 4) is 22.9 Å². The summed E-state index contributed by atoms with van der Waals surface area (Å²) in [6.45, 7) is 10.1. The lowest BCUT2D eigenvalue weighted by Crippen LogP contribution is -2.21. The maximum atomic E-state index is 12.7. The van der Waals surface area contributed by atoms with Crippen molar-refractivity contribution in [2.45, 2.75) is 33.8 Å². The number of benzene rings is 3. The number of hydrogen-bond donors (Lipinski definition) is 2. The average Bonchev–Trinajstić information content (AvgIpc) is 3.70. The normalized spacial score (nSPS) is 10.9. The molecule has 48 heavy (non-hydrogen) atoms. The number of aryl methyl sites for hydroxylation is 2. The second-order valence-electron chi connectivity index (χ2n) is 10.8. The van der Waals surface area contributed by atoms with E-state index in [1.54, 1.807) is 36.4 Å². The van der Waals surface area contributed by atoms with E-state index >= 15 is 0 Å². The van der Waals surface area contributed by atoms with Crippen molar-refractivity contribution in [1.29, 1.82) is 0 Å². The number of ether oxygens (including phenoxy) is 3. The number of rotatable bonds is 15. The van der Waals surface area contributed by atoms with Gasteiger partial charge in [-0.15, -0.1) is 6.58 Å². The molecule has 0 bridgehead atoms. The molecule has 0 aliphatic heterocycles. The number of amides is 2. The van der Waals surface area contributed by atoms with E-state index < -0.39 is 5.91 Å². The van der Waals surface area contributed by atoms with Crippen LogP contribution in [0.2, 0.25) is 0 Å². The van der Waals surface area contributed by atoms with E-state index in [0.717, 1.165) is 22.6 Å². The van der Waals surface area contributed by atoms with Crippen molar-refractivity contribution < 1.29 is 28.2 Å². The van der Waals surface area contributed by atoms with Crippen LogP contribution in [0.4, 0.5) is 5.69 Å². The van der Waals surface area contributed by atoms with Crippen LogP contribution in [0, 0.1) is 13.8 Å². The lowest BCUT2D eigenvalue weighted by molar-refractivity contribution is -0.118. The second-order valence-corrected chi connectivity index (χ2v) is 10.8. The quantitative estimate of drug-likeness (QED) is 0.0708. The maximum absolute atomic E-state index is 12.7. The Kier molecular flexibility index (Phi) is 11.1. The van der Waals surface area contributed by atoms with Crippen LogP contribution in [0.5, 0.6) is 17.2 Å². The highest BCUT2D eigenvalue weighted by atomic mass is 16.5. The number of nitrogens with one attached hydrogen (secondary N) is 2. The third kappa shape index (κ3) is 8.61. The molecule has 10 nitrogen and oxygen atoms in total. The highest BCUT2D eigenvalue weighted by molar-refractivity contribution is 5.93. The van der Waals surface area contributed by atoms with Crippen LogP contribution in [0.15, 0.2) is 113 Å². The predicted molar refractivity (Wildman–Crippen MR) is 185 cm³/mol. The number of nitrogens with zero attached hydrogens (tertiary/aromatic N) is 2. The number of aromatic nitrogens is 1. The number of allylic oxidation sites excluding steroid dienone is 1. The Morgan fingerprint density at radius 2 is 1.67 bits per heavy atom. The van der Waals surface area contributed by atoms with Crippen molar-refractivity contribution in [2.24, 2.45) is 5.10 Å². The van der Waals surface area contributed by atoms with Crippen LogP contribution in [0.1, 0.15) is 45.8 Å². The van der Waals surface area contributed by atoms with E-state index in [2.05, 4.69) is 53.0 Å². The van der Waals surface area contributed by atoms with Gasteiger partial charge in [0, 0.05) is 28.3 Å². The highest BCUT2D eigenvalue weighted by Gasteiger charge is 2.16. The fourth-order valence-corrected chi connectivity index (χ4v) is 5.07. The van der Waals surface area contributed by atoms with E-state index in [-0.39, 0.29) is 24.9 Å². The molecule has 2 amide bonds. The monoisotopic (exact) mass is 646 g/mol. The topological polar surface area (TPSA) is 116 Å². The van der Waals surface area contributed by atoms with Gasteiger partial charge in [-0.25, -0.2) is 5.43 Å². The first-order chi connectivity index (χ1) is 23.3. The van der Waals surface area contributed by atoms with Gasteiger partial charge < -0.3 is 28.5 Å². The van der Waals surface area contributed by atoms with Gasteiger partial charge >= 0.3 is 5.91 Å². The number of furan rings is 1. The molecule has 0 fully saturated rings. The summed E-state index contributed by atoms with van der Waals surface area (Å²) in [6.07, 6.45) is 3.67. The molecule has 0 saturated carbocycles. The van der Waals surface area contributed by atoms with Gasteiger partial charge in [0.05, 0.1) is 12.8 Å². The summed E-state index contributed by atoms with van der Waals surface area (Å²) in [6, 6.07) is 27.9. The maximum Gasteiger partial charge on any atom is 0.307 e. The fraction of sp³-hybridized carbons (Fsp3) is 0.184. The second kappa shape index (κ2) is 16.0. The van der Waals surface area contributed by atoms with Gasteiger partial charge in [-0.1, -0.05) is 24.3 Å². The summed E-state index contributed by atoms with van der Waals surface area (Å²) in [5.74, 6) is 1.34. The molecule has 5 aromatic rings. The number of hydrogen-bond acceptors (Lipinski definition) is 7. The van der Waals surface area contributed by atoms with Crippen molar-refractivity contribution in [1.82, 2.24) is 9.99 Å². The van der Waals surface area contributed by atoms with E-state index in [1.165, 1.54) is 6.21 Å². The van der Waals surface area contributed by atoms with Crippen molar-refractivity contribution in [3.63, 3.8) is 0 Å². The number of anilines is 1. The molecule has 0 aliphatic carbocycles. The first kappa shape index (κ1) is 33.3. The third-order valence-corrected chi connectivity index (χ3v) is 7.24. The van der Waals surface area contributed by atoms with Crippen molar-refractivity contribution >= 4 is 23.7 Å². The van der Waals surface area contributed by atoms with Crippen LogP contribution in [0.25, 0.3) is 5.69 Å². The molecule has 2 N–H and O–H groups in total. The average molecular weight is 647 g/mol. The Hall–Kier alpha value is -6.03. The standard InChI is InChI=1S/C38H38N4O6/c1-5-10-29-21-28(22-35(45-6-2)37(29)47-25-36(43)40-30-11-8-7-9-12-30)23-39-41-38(44)34-20-19-33(48-34)24-46-32-17-15-31(16-18-32)42-26(3)13-14-27(42)4/h5,7-9,11-23H,1,6,10,24-25H2,2-4H3,(H,40,43)(H,41,44)/b39-23+. The van der Waals surface area contributed by atoms with Gasteiger partial charge in [-0.3, -0.25) is 9.59 Å². The van der Waals surface area contributed by atoms with Crippen LogP contribution in [-0.2, 0) is 17.8 Å². The van der Waals surface area contributed by atoms with Crippen molar-refractivity contribution in [2.75, 3.05) is 18.5 Å². The first-order valence-corrected chi connectivity index (χ1v) is 15.5. The van der Waals surface area contributed by atoms with E-state index in [9.17, 15) is 9.59 Å². The number of carbonyl (C=O) groups excluding carboxylic acids is 2. The molecule has 2 heterocycles. The molecule has 2 aromatic heterocycles. The summed E-state index contributed by atoms with van der Waals surface area (Å²) < 4.78 is 25.5. The zero-order chi connectivity index (χ0) is 33.9. The van der Waals surface area contributed by atoms with E-state index in [1.807, 2.05) is 55.5 Å². The predicted octanol–water partition coefficient (Wildman–Crippen LogP) is 7.17. The molecule has 0 aliphatic rings. The molecular weight excluding hydrogens is 608 g/mol. The Balaban J connectivity index is 1.18. The molecule has 3 aromatic carbocycles. The minimum atomic E-state index is -0.514. The Morgan fingerprint density at radius 1 is 0.917 bits per heavy atom. The largest absolute Gasteiger partial charge is 0.490 e. The number of hydrazone groups is 1. The van der Waals surface area contributed by atoms with Crippen molar-refractivity contribution in [3.05, 3.63) is 138 Å². The van der Waals surface area contributed by atoms with Gasteiger partial charge in [-0.2, -0.15) is 5.10 Å². The van der Waals surface area contributed by atoms with Gasteiger partial charge in [0.15, 0.2) is 23.9 Å². The summed E-state index contributed by atoms with van der Waals surface area (Å²) in [7, 11) is 0. The van der Waals surface area contributed by atoms with E-state index in [0.29, 0.717) is 47.3 Å². The summed E-state index contributed by atoms with van der Waals surface area (Å²) in [4.78, 5) is 25.3. The van der Waals surface area contributed by atoms with Gasteiger partial charge in [0.1, 0.15) is 18.1 Å². The fourth-order valence-electron chi connectivity index (χ4n) is 5.07. The number of carbonyl (C=O) groups is 2. The number of para-hydroxylation sites is 1. The first-order valence-electron chi connectivity index (χ1n) is 15.5. The molecule has 5 rings (SSSR count). The van der Waals surface area contributed by atoms with Gasteiger partial charge in [0.25, 0.3) is 5.91 Å². The summed E-state index contributed by atoms with van der Waals surface area (Å²) in [5, 5.41) is 6.91. The summed E-state index contributed by atoms with van der Waals surface area (Å²) >= 11 is 0. The lowest BCUT2D eigenvalue weighted by atomic mass is 10.1.